The van der Waals surface area contributed by atoms with Gasteiger partial charge in [-0.25, -0.2) is 9.37 Å². The molecule has 32 heavy (non-hydrogen) atoms. The Morgan fingerprint density at radius 2 is 2.03 bits per heavy atom. The van der Waals surface area contributed by atoms with E-state index in [1.807, 2.05) is 67.9 Å². The van der Waals surface area contributed by atoms with E-state index in [0.29, 0.717) is 17.1 Å². The molecule has 0 amide bonds. The van der Waals surface area contributed by atoms with Crippen molar-refractivity contribution in [2.75, 3.05) is 25.5 Å². The fourth-order valence-electron chi connectivity index (χ4n) is 5.34. The molecule has 3 aromatic rings. The Kier molecular flexibility index (Phi) is 4.93. The summed E-state index contributed by atoms with van der Waals surface area (Å²) in [5, 5.41) is 19.3. The zero-order chi connectivity index (χ0) is 22.6. The molecule has 0 radical (unpaired) electrons. The summed E-state index contributed by atoms with van der Waals surface area (Å²) in [6.07, 6.45) is 4.57. The number of halogens is 1. The molecule has 0 unspecified atom stereocenters. The number of phenolic OH excluding ortho intramolecular Hbond substituents is 1. The van der Waals surface area contributed by atoms with Crippen molar-refractivity contribution >= 4 is 5.82 Å². The molecule has 8 heteroatoms. The Hall–Kier alpha value is -3.00. The van der Waals surface area contributed by atoms with Crippen molar-refractivity contribution in [2.24, 2.45) is 5.92 Å². The number of benzene rings is 1. The van der Waals surface area contributed by atoms with Crippen molar-refractivity contribution in [3.63, 3.8) is 0 Å². The molecule has 3 fully saturated rings. The van der Waals surface area contributed by atoms with Crippen molar-refractivity contribution in [2.45, 2.75) is 44.4 Å². The molecule has 2 saturated heterocycles. The molecule has 3 aliphatic rings. The number of rotatable bonds is 4. The van der Waals surface area contributed by atoms with E-state index < -0.39 is 11.7 Å². The molecule has 6 rings (SSSR count). The first-order valence-corrected chi connectivity index (χ1v) is 11.0. The number of hydrogen-bond donors (Lipinski definition) is 1. The third kappa shape index (κ3) is 3.24. The van der Waals surface area contributed by atoms with Gasteiger partial charge >= 0.3 is 0 Å². The fourth-order valence-corrected chi connectivity index (χ4v) is 5.34. The summed E-state index contributed by atoms with van der Waals surface area (Å²) >= 11 is 0. The Balaban J connectivity index is 1.38. The van der Waals surface area contributed by atoms with Crippen LogP contribution in [-0.4, -0.2) is 68.1 Å². The van der Waals surface area contributed by atoms with Gasteiger partial charge in [-0.2, -0.15) is 0 Å². The van der Waals surface area contributed by atoms with Crippen molar-refractivity contribution in [3.05, 3.63) is 48.5 Å². The molecule has 4 atom stereocenters. The number of piperidine rings is 2. The molecule has 168 valence electrons. The van der Waals surface area contributed by atoms with Gasteiger partial charge in [0.2, 0.25) is 0 Å². The van der Waals surface area contributed by atoms with E-state index in [1.165, 1.54) is 0 Å². The van der Waals surface area contributed by atoms with Crippen LogP contribution < -0.4 is 4.90 Å². The second kappa shape index (κ2) is 7.55. The van der Waals surface area contributed by atoms with Crippen LogP contribution in [0.2, 0.25) is 0 Å². The quantitative estimate of drug-likeness (QED) is 0.674. The van der Waals surface area contributed by atoms with Crippen LogP contribution in [0.3, 0.4) is 0 Å². The molecular formula is C24H29FN6O. The largest absolute Gasteiger partial charge is 0.507 e. The number of alkyl halides is 1. The molecule has 1 aliphatic carbocycles. The average molecular weight is 437 g/mol. The summed E-state index contributed by atoms with van der Waals surface area (Å²) in [5.41, 5.74) is 2.46. The van der Waals surface area contributed by atoms with Crippen LogP contribution in [-0.2, 0) is 0 Å². The highest BCUT2D eigenvalue weighted by Gasteiger charge is 2.55. The lowest BCUT2D eigenvalue weighted by Crippen LogP contribution is -2.70. The Labute approximate surface area is 187 Å². The topological polar surface area (TPSA) is 70.3 Å². The number of fused-ring (bicyclic) bond motifs is 3. The van der Waals surface area contributed by atoms with Gasteiger partial charge in [-0.3, -0.25) is 4.90 Å². The molecule has 2 bridgehead atoms. The summed E-state index contributed by atoms with van der Waals surface area (Å²) < 4.78 is 17.4. The molecule has 2 aromatic heterocycles. The lowest BCUT2D eigenvalue weighted by Gasteiger charge is -2.58. The van der Waals surface area contributed by atoms with E-state index in [1.54, 1.807) is 12.4 Å². The number of aryl methyl sites for hydroxylation is 1. The highest BCUT2D eigenvalue weighted by Crippen LogP contribution is 2.46. The molecule has 4 heterocycles. The first kappa shape index (κ1) is 20.9. The monoisotopic (exact) mass is 436 g/mol. The predicted molar refractivity (Wildman–Crippen MR) is 122 cm³/mol. The molecule has 1 saturated carbocycles. The summed E-state index contributed by atoms with van der Waals surface area (Å²) in [7, 11) is 3.93. The van der Waals surface area contributed by atoms with Gasteiger partial charge in [0.25, 0.3) is 0 Å². The minimum Gasteiger partial charge on any atom is -0.507 e. The normalized spacial score (nSPS) is 27.6. The van der Waals surface area contributed by atoms with Crippen LogP contribution in [0, 0.1) is 12.8 Å². The number of phenols is 1. The van der Waals surface area contributed by atoms with E-state index in [4.69, 9.17) is 0 Å². The smallest absolute Gasteiger partial charge is 0.151 e. The minimum atomic E-state index is -0.949. The predicted octanol–water partition coefficient (Wildman–Crippen LogP) is 3.60. The van der Waals surface area contributed by atoms with Gasteiger partial charge in [0.15, 0.2) is 5.82 Å². The van der Waals surface area contributed by atoms with Crippen LogP contribution in [0.4, 0.5) is 10.2 Å². The first-order chi connectivity index (χ1) is 15.3. The van der Waals surface area contributed by atoms with Gasteiger partial charge in [0.05, 0.1) is 35.0 Å². The highest BCUT2D eigenvalue weighted by atomic mass is 19.1. The maximum Gasteiger partial charge on any atom is 0.151 e. The number of nitrogens with zero attached hydrogens (tertiary/aromatic N) is 6. The van der Waals surface area contributed by atoms with Crippen molar-refractivity contribution < 1.29 is 9.50 Å². The maximum absolute atomic E-state index is 15.5. The van der Waals surface area contributed by atoms with Gasteiger partial charge < -0.3 is 14.6 Å². The lowest BCUT2D eigenvalue weighted by molar-refractivity contribution is -0.0816. The van der Waals surface area contributed by atoms with Crippen molar-refractivity contribution in [1.82, 2.24) is 24.6 Å². The standard InChI is InChI=1S/C24H29FN6O/c1-15-12-31(14-26-15)17-5-6-18(20(32)11-17)19-7-8-21(28-27-19)30(4)22-16-9-10-24(2,23(22)25)29(3)13-16/h5-8,11-12,14,16,22-23,32H,9-10,13H2,1-4H3/t16-,22+,23-,24-/m0/s1. The summed E-state index contributed by atoms with van der Waals surface area (Å²) in [4.78, 5) is 8.34. The van der Waals surface area contributed by atoms with Gasteiger partial charge in [-0.15, -0.1) is 10.2 Å². The third-order valence-corrected chi connectivity index (χ3v) is 7.50. The van der Waals surface area contributed by atoms with Gasteiger partial charge in [0.1, 0.15) is 11.9 Å². The number of aromatic nitrogens is 4. The third-order valence-electron chi connectivity index (χ3n) is 7.50. The zero-order valence-electron chi connectivity index (χ0n) is 18.9. The second-order valence-electron chi connectivity index (χ2n) is 9.44. The molecule has 1 aromatic carbocycles. The minimum absolute atomic E-state index is 0.119. The van der Waals surface area contributed by atoms with Gasteiger partial charge in [-0.05, 0) is 63.9 Å². The summed E-state index contributed by atoms with van der Waals surface area (Å²) in [6, 6.07) is 8.88. The SMILES string of the molecule is Cc1cn(-c2ccc(-c3ccc(N(C)[C@@H]4[C@H]5CC[C@@](C)([C@H]4F)N(C)C5)nn3)c(O)c2)cn1. The number of anilines is 1. The van der Waals surface area contributed by atoms with Crippen LogP contribution in [0.25, 0.3) is 16.9 Å². The van der Waals surface area contributed by atoms with E-state index in [9.17, 15) is 5.11 Å². The second-order valence-corrected chi connectivity index (χ2v) is 9.44. The van der Waals surface area contributed by atoms with Crippen LogP contribution >= 0.6 is 0 Å². The fraction of sp³-hybridized carbons (Fsp3) is 0.458. The molecular weight excluding hydrogens is 407 g/mol. The maximum atomic E-state index is 15.5. The Morgan fingerprint density at radius 3 is 2.66 bits per heavy atom. The Morgan fingerprint density at radius 1 is 1.22 bits per heavy atom. The van der Waals surface area contributed by atoms with E-state index in [-0.39, 0.29) is 17.7 Å². The van der Waals surface area contributed by atoms with Crippen LogP contribution in [0.5, 0.6) is 5.75 Å². The zero-order valence-corrected chi connectivity index (χ0v) is 18.9. The first-order valence-electron chi connectivity index (χ1n) is 11.0. The number of aromatic hydroxyl groups is 1. The van der Waals surface area contributed by atoms with E-state index in [0.717, 1.165) is 30.8 Å². The van der Waals surface area contributed by atoms with Gasteiger partial charge in [-0.1, -0.05) is 0 Å². The highest BCUT2D eigenvalue weighted by molar-refractivity contribution is 5.69. The van der Waals surface area contributed by atoms with E-state index in [2.05, 4.69) is 20.1 Å². The average Bonchev–Trinajstić information content (AvgIpc) is 3.22. The number of imidazole rings is 1. The van der Waals surface area contributed by atoms with Gasteiger partial charge in [0, 0.05) is 31.4 Å². The molecule has 1 N–H and O–H groups in total. The summed E-state index contributed by atoms with van der Waals surface area (Å²) in [6.45, 7) is 4.84. The van der Waals surface area contributed by atoms with Crippen LogP contribution in [0.15, 0.2) is 42.9 Å². The lowest BCUT2D eigenvalue weighted by atomic mass is 9.67. The van der Waals surface area contributed by atoms with Crippen molar-refractivity contribution in [1.29, 1.82) is 0 Å². The molecule has 0 spiro atoms. The van der Waals surface area contributed by atoms with E-state index >= 15 is 4.39 Å². The Bertz CT molecular complexity index is 1130. The van der Waals surface area contributed by atoms with Crippen molar-refractivity contribution in [3.8, 4) is 22.7 Å². The van der Waals surface area contributed by atoms with Crippen LogP contribution in [0.1, 0.15) is 25.5 Å². The molecule has 7 nitrogen and oxygen atoms in total. The molecule has 2 aliphatic heterocycles. The number of hydrogen-bond acceptors (Lipinski definition) is 6. The summed E-state index contributed by atoms with van der Waals surface area (Å²) in [5.74, 6) is 1.03.